The number of amides is 2. The Bertz CT molecular complexity index is 1520. The highest BCUT2D eigenvalue weighted by molar-refractivity contribution is 6.72. The molecule has 3 aliphatic heterocycles. The molecule has 0 saturated carbocycles. The smallest absolute Gasteiger partial charge is 0.264 e. The number of nitrogens with one attached hydrogen (secondary N) is 2. The molecule has 0 aliphatic carbocycles. The predicted molar refractivity (Wildman–Crippen MR) is 172 cm³/mol. The third-order valence-electron chi connectivity index (χ3n) is 9.69. The van der Waals surface area contributed by atoms with Gasteiger partial charge in [-0.1, -0.05) is 42.5 Å². The van der Waals surface area contributed by atoms with Crippen LogP contribution in [0.2, 0.25) is 18.6 Å². The van der Waals surface area contributed by atoms with Crippen LogP contribution in [-0.2, 0) is 39.4 Å². The van der Waals surface area contributed by atoms with Gasteiger partial charge in [0.05, 0.1) is 29.9 Å². The highest BCUT2D eigenvalue weighted by atomic mass is 28.4. The average molecular weight is 635 g/mol. The molecule has 12 heteroatoms. The van der Waals surface area contributed by atoms with Crippen molar-refractivity contribution < 1.29 is 23.5 Å². The number of carbonyl (C=O) groups excluding carboxylic acids is 2. The van der Waals surface area contributed by atoms with E-state index in [0.717, 1.165) is 41.9 Å². The lowest BCUT2D eigenvalue weighted by atomic mass is 9.82. The van der Waals surface area contributed by atoms with Crippen LogP contribution in [-0.4, -0.2) is 66.1 Å². The fraction of sp³-hybridized carbons (Fsp3) is 0.515. The summed E-state index contributed by atoms with van der Waals surface area (Å²) in [5.74, 6) is -0.562. The van der Waals surface area contributed by atoms with Gasteiger partial charge in [-0.25, -0.2) is 0 Å². The fourth-order valence-corrected chi connectivity index (χ4v) is 10.1. The van der Waals surface area contributed by atoms with Gasteiger partial charge < -0.3 is 29.5 Å². The fourth-order valence-electron chi connectivity index (χ4n) is 7.56. The monoisotopic (exact) mass is 634 g/mol. The Kier molecular flexibility index (Phi) is 8.93. The number of piperidine rings is 1. The van der Waals surface area contributed by atoms with E-state index in [1.165, 1.54) is 0 Å². The topological polar surface area (TPSA) is 122 Å². The number of hydrogen-bond acceptors (Lipinski definition) is 7. The largest absolute Gasteiger partial charge is 0.396 e. The minimum Gasteiger partial charge on any atom is -0.396 e. The number of nitrogens with zero attached hydrogens (tertiary/aromatic N) is 4. The first kappa shape index (κ1) is 31.5. The lowest BCUT2D eigenvalue weighted by Gasteiger charge is -2.31. The van der Waals surface area contributed by atoms with Crippen LogP contribution in [0.5, 0.6) is 0 Å². The normalized spacial score (nSPS) is 26.4. The average Bonchev–Trinajstić information content (AvgIpc) is 3.67. The first-order valence-corrected chi connectivity index (χ1v) is 19.0. The number of carbonyl (C=O) groups is 2. The summed E-state index contributed by atoms with van der Waals surface area (Å²) >= 11 is 0. The highest BCUT2D eigenvalue weighted by Crippen LogP contribution is 2.60. The third-order valence-corrected chi connectivity index (χ3v) is 12.2. The highest BCUT2D eigenvalue weighted by Gasteiger charge is 2.66. The predicted octanol–water partition coefficient (Wildman–Crippen LogP) is 4.16. The first-order chi connectivity index (χ1) is 21.6. The standard InChI is InChI=1S/C33H43FN6O4Si/c1-22-30(45(2,3)34)29(14-17-39-21-26(15-18-41)37-38-39)44-33(22)27-8-4-5-9-28(27)40(32(33)43)20-23-10-12-25(13-11-23)36-31(42)24-7-6-16-35-19-24/h4-5,8-13,21-22,24,29-30,35,41H,6-7,14-20H2,1-3H3,(H,36,42)/t22-,24?,29+,30-,33+/m1/s1. The summed E-state index contributed by atoms with van der Waals surface area (Å²) in [6.45, 7) is 7.79. The number of halogens is 1. The summed E-state index contributed by atoms with van der Waals surface area (Å²) in [5, 5.41) is 23.8. The van der Waals surface area contributed by atoms with Gasteiger partial charge in [0.25, 0.3) is 5.91 Å². The number of aliphatic hydroxyl groups excluding tert-OH is 1. The van der Waals surface area contributed by atoms with Crippen LogP contribution in [0.25, 0.3) is 0 Å². The van der Waals surface area contributed by atoms with E-state index < -0.39 is 25.7 Å². The van der Waals surface area contributed by atoms with E-state index in [2.05, 4.69) is 20.9 Å². The lowest BCUT2D eigenvalue weighted by Crippen LogP contribution is -2.45. The second-order valence-electron chi connectivity index (χ2n) is 13.1. The number of aliphatic hydroxyl groups is 1. The summed E-state index contributed by atoms with van der Waals surface area (Å²) < 4.78 is 24.6. The molecule has 2 fully saturated rings. The Morgan fingerprint density at radius 1 is 1.22 bits per heavy atom. The van der Waals surface area contributed by atoms with Gasteiger partial charge in [0.2, 0.25) is 14.3 Å². The summed E-state index contributed by atoms with van der Waals surface area (Å²) in [7, 11) is -3.28. The maximum absolute atomic E-state index is 16.1. The van der Waals surface area contributed by atoms with E-state index in [1.54, 1.807) is 28.9 Å². The van der Waals surface area contributed by atoms with Crippen molar-refractivity contribution in [2.75, 3.05) is 29.9 Å². The number of para-hydroxylation sites is 1. The lowest BCUT2D eigenvalue weighted by molar-refractivity contribution is -0.146. The molecule has 3 aromatic rings. The third kappa shape index (κ3) is 6.08. The number of anilines is 2. The van der Waals surface area contributed by atoms with Gasteiger partial charge in [0, 0.05) is 55.0 Å². The molecule has 5 atom stereocenters. The number of fused-ring (bicyclic) bond motifs is 2. The molecule has 240 valence electrons. The van der Waals surface area contributed by atoms with E-state index >= 15 is 4.11 Å². The molecule has 0 radical (unpaired) electrons. The molecular weight excluding hydrogens is 591 g/mol. The Morgan fingerprint density at radius 2 is 2.00 bits per heavy atom. The molecule has 45 heavy (non-hydrogen) atoms. The molecule has 6 rings (SSSR count). The van der Waals surface area contributed by atoms with Gasteiger partial charge in [0.15, 0.2) is 5.60 Å². The number of rotatable bonds is 10. The van der Waals surface area contributed by atoms with Crippen LogP contribution in [0.15, 0.2) is 54.7 Å². The number of ether oxygens (including phenoxy) is 1. The van der Waals surface area contributed by atoms with E-state index in [4.69, 9.17) is 4.74 Å². The van der Waals surface area contributed by atoms with Crippen molar-refractivity contribution in [1.29, 1.82) is 0 Å². The number of aromatic nitrogens is 3. The Labute approximate surface area is 264 Å². The summed E-state index contributed by atoms with van der Waals surface area (Å²) in [4.78, 5) is 29.0. The molecule has 2 saturated heterocycles. The van der Waals surface area contributed by atoms with Crippen molar-refractivity contribution in [2.24, 2.45) is 11.8 Å². The zero-order chi connectivity index (χ0) is 31.8. The summed E-state index contributed by atoms with van der Waals surface area (Å²) in [5.41, 5.74) is 2.20. The van der Waals surface area contributed by atoms with Gasteiger partial charge in [-0.15, -0.1) is 5.10 Å². The maximum atomic E-state index is 16.1. The molecule has 3 aliphatic rings. The van der Waals surface area contributed by atoms with Crippen molar-refractivity contribution >= 4 is 31.6 Å². The van der Waals surface area contributed by atoms with Gasteiger partial charge in [0.1, 0.15) is 0 Å². The molecule has 0 bridgehead atoms. The molecule has 3 N–H and O–H groups in total. The van der Waals surface area contributed by atoms with Crippen LogP contribution < -0.4 is 15.5 Å². The van der Waals surface area contributed by atoms with Crippen molar-refractivity contribution in [2.45, 2.75) is 76.0 Å². The van der Waals surface area contributed by atoms with E-state index in [9.17, 15) is 14.7 Å². The van der Waals surface area contributed by atoms with Gasteiger partial charge in [-0.2, -0.15) is 0 Å². The molecule has 2 amide bonds. The molecule has 1 spiro atoms. The van der Waals surface area contributed by atoms with Crippen LogP contribution in [0.3, 0.4) is 0 Å². The molecular formula is C33H43FN6O4Si. The maximum Gasteiger partial charge on any atom is 0.264 e. The van der Waals surface area contributed by atoms with Crippen molar-refractivity contribution in [3.8, 4) is 0 Å². The Hall–Kier alpha value is -3.45. The van der Waals surface area contributed by atoms with E-state index in [-0.39, 0.29) is 30.3 Å². The van der Waals surface area contributed by atoms with Gasteiger partial charge in [-0.05, 0) is 62.7 Å². The van der Waals surface area contributed by atoms with E-state index in [1.807, 2.05) is 55.5 Å². The van der Waals surface area contributed by atoms with Crippen LogP contribution >= 0.6 is 0 Å². The zero-order valence-corrected chi connectivity index (χ0v) is 27.2. The minimum atomic E-state index is -3.28. The van der Waals surface area contributed by atoms with Crippen molar-refractivity contribution in [3.63, 3.8) is 0 Å². The second-order valence-corrected chi connectivity index (χ2v) is 16.9. The van der Waals surface area contributed by atoms with Gasteiger partial charge in [-0.3, -0.25) is 14.3 Å². The SMILES string of the molecule is C[C@@H]1[C@@H]([Si](C)(C)F)[C@H](CCn2cc(CCO)nn2)O[C@@]12C(=O)N(Cc1ccc(NC(=O)C3CCCNC3)cc1)c1ccccc12. The Morgan fingerprint density at radius 3 is 2.71 bits per heavy atom. The molecule has 2 aromatic carbocycles. The molecule has 4 heterocycles. The number of benzene rings is 2. The van der Waals surface area contributed by atoms with Crippen molar-refractivity contribution in [3.05, 3.63) is 71.5 Å². The van der Waals surface area contributed by atoms with Crippen molar-refractivity contribution in [1.82, 2.24) is 20.3 Å². The minimum absolute atomic E-state index is 0.00869. The molecule has 10 nitrogen and oxygen atoms in total. The van der Waals surface area contributed by atoms with Crippen LogP contribution in [0, 0.1) is 11.8 Å². The first-order valence-electron chi connectivity index (χ1n) is 16.0. The number of aryl methyl sites for hydroxylation is 1. The summed E-state index contributed by atoms with van der Waals surface area (Å²) in [6, 6.07) is 15.3. The van der Waals surface area contributed by atoms with E-state index in [0.29, 0.717) is 38.2 Å². The van der Waals surface area contributed by atoms with Crippen LogP contribution in [0.4, 0.5) is 15.5 Å². The molecule has 1 aromatic heterocycles. The zero-order valence-electron chi connectivity index (χ0n) is 26.2. The quantitative estimate of drug-likeness (QED) is 0.226. The number of hydrogen-bond donors (Lipinski definition) is 3. The summed E-state index contributed by atoms with van der Waals surface area (Å²) in [6.07, 6.45) is 4.09. The van der Waals surface area contributed by atoms with Gasteiger partial charge >= 0.3 is 0 Å². The molecule has 1 unspecified atom stereocenters. The Balaban J connectivity index is 1.22. The van der Waals surface area contributed by atoms with Crippen LogP contribution in [0.1, 0.15) is 43.0 Å². The second kappa shape index (κ2) is 12.7.